The molecule has 2 aliphatic rings. The van der Waals surface area contributed by atoms with Crippen molar-refractivity contribution in [3.63, 3.8) is 0 Å². The topological polar surface area (TPSA) is 15.3 Å². The second-order valence-corrected chi connectivity index (χ2v) is 6.74. The maximum Gasteiger partial charge on any atom is 0.0414 e. The fourth-order valence-corrected chi connectivity index (χ4v) is 4.04. The highest BCUT2D eigenvalue weighted by atomic mass is 15.2. The largest absolute Gasteiger partial charge is 0.367 e. The van der Waals surface area contributed by atoms with E-state index in [9.17, 15) is 0 Å². The van der Waals surface area contributed by atoms with E-state index in [0.717, 1.165) is 6.54 Å². The minimum Gasteiger partial charge on any atom is -0.367 e. The van der Waals surface area contributed by atoms with E-state index in [1.165, 1.54) is 56.3 Å². The molecule has 0 amide bonds. The first-order chi connectivity index (χ1) is 9.74. The first kappa shape index (κ1) is 13.9. The standard InChI is InChI=1S/C18H28N2/c1-3-8-15(2)20-14-18(11-6-7-12-18)19-13-16-9-4-5-10-17(16)20/h4-5,9-10,15,19H,3,6-8,11-14H2,1-2H3. The molecule has 0 bridgehead atoms. The predicted octanol–water partition coefficient (Wildman–Crippen LogP) is 4.10. The Morgan fingerprint density at radius 3 is 2.75 bits per heavy atom. The van der Waals surface area contributed by atoms with Gasteiger partial charge in [-0.3, -0.25) is 0 Å². The third-order valence-electron chi connectivity index (χ3n) is 5.23. The van der Waals surface area contributed by atoms with Gasteiger partial charge in [0.2, 0.25) is 0 Å². The van der Waals surface area contributed by atoms with E-state index in [4.69, 9.17) is 0 Å². The first-order valence-electron chi connectivity index (χ1n) is 8.34. The predicted molar refractivity (Wildman–Crippen MR) is 86.2 cm³/mol. The Bertz CT molecular complexity index is 448. The molecule has 1 fully saturated rings. The van der Waals surface area contributed by atoms with Gasteiger partial charge in [0, 0.05) is 30.4 Å². The van der Waals surface area contributed by atoms with Crippen molar-refractivity contribution in [2.75, 3.05) is 11.4 Å². The maximum absolute atomic E-state index is 3.90. The summed E-state index contributed by atoms with van der Waals surface area (Å²) in [7, 11) is 0. The van der Waals surface area contributed by atoms with Gasteiger partial charge in [0.15, 0.2) is 0 Å². The normalized spacial score (nSPS) is 22.6. The summed E-state index contributed by atoms with van der Waals surface area (Å²) in [6.07, 6.45) is 8.01. The minimum absolute atomic E-state index is 0.362. The molecule has 1 aromatic carbocycles. The van der Waals surface area contributed by atoms with E-state index >= 15 is 0 Å². The summed E-state index contributed by atoms with van der Waals surface area (Å²) in [6.45, 7) is 6.91. The van der Waals surface area contributed by atoms with Crippen molar-refractivity contribution in [2.45, 2.75) is 70.5 Å². The number of nitrogens with one attached hydrogen (secondary N) is 1. The zero-order chi connectivity index (χ0) is 14.0. The third kappa shape index (κ3) is 2.58. The zero-order valence-electron chi connectivity index (χ0n) is 13.0. The summed E-state index contributed by atoms with van der Waals surface area (Å²) in [4.78, 5) is 2.68. The van der Waals surface area contributed by atoms with Gasteiger partial charge in [-0.2, -0.15) is 0 Å². The van der Waals surface area contributed by atoms with Gasteiger partial charge in [-0.1, -0.05) is 44.4 Å². The van der Waals surface area contributed by atoms with E-state index in [1.807, 2.05) is 0 Å². The second kappa shape index (κ2) is 5.77. The van der Waals surface area contributed by atoms with Crippen molar-refractivity contribution in [2.24, 2.45) is 0 Å². The van der Waals surface area contributed by atoms with Crippen LogP contribution in [0.4, 0.5) is 5.69 Å². The Labute approximate surface area is 123 Å². The first-order valence-corrected chi connectivity index (χ1v) is 8.34. The van der Waals surface area contributed by atoms with Gasteiger partial charge < -0.3 is 10.2 Å². The summed E-state index contributed by atoms with van der Waals surface area (Å²) in [5.41, 5.74) is 3.30. The van der Waals surface area contributed by atoms with Crippen molar-refractivity contribution >= 4 is 5.69 Å². The number of rotatable bonds is 3. The Morgan fingerprint density at radius 2 is 2.00 bits per heavy atom. The molecule has 0 radical (unpaired) electrons. The number of hydrogen-bond donors (Lipinski definition) is 1. The quantitative estimate of drug-likeness (QED) is 0.891. The van der Waals surface area contributed by atoms with E-state index in [-0.39, 0.29) is 0 Å². The smallest absolute Gasteiger partial charge is 0.0414 e. The molecule has 110 valence electrons. The maximum atomic E-state index is 3.90. The van der Waals surface area contributed by atoms with Gasteiger partial charge in [-0.15, -0.1) is 0 Å². The zero-order valence-corrected chi connectivity index (χ0v) is 13.0. The van der Waals surface area contributed by atoms with Crippen molar-refractivity contribution in [3.8, 4) is 0 Å². The SMILES string of the molecule is CCCC(C)N1CC2(CCCC2)NCc2ccccc21. The number of fused-ring (bicyclic) bond motifs is 1. The number of hydrogen-bond acceptors (Lipinski definition) is 2. The summed E-state index contributed by atoms with van der Waals surface area (Å²) in [6, 6.07) is 9.62. The molecule has 2 heteroatoms. The molecule has 20 heavy (non-hydrogen) atoms. The van der Waals surface area contributed by atoms with Crippen molar-refractivity contribution in [1.82, 2.24) is 5.32 Å². The van der Waals surface area contributed by atoms with Crippen LogP contribution < -0.4 is 10.2 Å². The van der Waals surface area contributed by atoms with Gasteiger partial charge in [0.25, 0.3) is 0 Å². The van der Waals surface area contributed by atoms with Crippen LogP contribution in [0.25, 0.3) is 0 Å². The molecule has 1 unspecified atom stereocenters. The van der Waals surface area contributed by atoms with Crippen molar-refractivity contribution in [1.29, 1.82) is 0 Å². The molecule has 3 rings (SSSR count). The average molecular weight is 272 g/mol. The number of anilines is 1. The van der Waals surface area contributed by atoms with E-state index in [0.29, 0.717) is 11.6 Å². The van der Waals surface area contributed by atoms with Gasteiger partial charge in [-0.05, 0) is 37.8 Å². The monoisotopic (exact) mass is 272 g/mol. The van der Waals surface area contributed by atoms with Crippen molar-refractivity contribution in [3.05, 3.63) is 29.8 Å². The van der Waals surface area contributed by atoms with Crippen LogP contribution in [0.5, 0.6) is 0 Å². The molecule has 1 spiro atoms. The molecule has 1 N–H and O–H groups in total. The molecule has 1 atom stereocenters. The van der Waals surface area contributed by atoms with Gasteiger partial charge in [-0.25, -0.2) is 0 Å². The molecule has 1 aromatic rings. The Kier molecular flexibility index (Phi) is 4.02. The highest BCUT2D eigenvalue weighted by molar-refractivity contribution is 5.56. The lowest BCUT2D eigenvalue weighted by atomic mass is 9.96. The van der Waals surface area contributed by atoms with Crippen molar-refractivity contribution < 1.29 is 0 Å². The molecule has 2 nitrogen and oxygen atoms in total. The number of benzene rings is 1. The molecule has 1 aliphatic heterocycles. The van der Waals surface area contributed by atoms with E-state index in [1.54, 1.807) is 0 Å². The molecular formula is C18H28N2. The molecule has 1 heterocycles. The lowest BCUT2D eigenvalue weighted by molar-refractivity contribution is 0.329. The van der Waals surface area contributed by atoms with Crippen LogP contribution >= 0.6 is 0 Å². The average Bonchev–Trinajstić information content (AvgIpc) is 2.85. The third-order valence-corrected chi connectivity index (χ3v) is 5.23. The Morgan fingerprint density at radius 1 is 1.25 bits per heavy atom. The molecule has 0 aromatic heterocycles. The van der Waals surface area contributed by atoms with Crippen LogP contribution in [0.3, 0.4) is 0 Å². The lowest BCUT2D eigenvalue weighted by Gasteiger charge is -2.38. The highest BCUT2D eigenvalue weighted by Crippen LogP contribution is 2.37. The number of para-hydroxylation sites is 1. The minimum atomic E-state index is 0.362. The van der Waals surface area contributed by atoms with Crippen LogP contribution in [-0.4, -0.2) is 18.1 Å². The fourth-order valence-electron chi connectivity index (χ4n) is 4.04. The van der Waals surface area contributed by atoms with Crippen LogP contribution in [0.15, 0.2) is 24.3 Å². The Balaban J connectivity index is 1.93. The summed E-state index contributed by atoms with van der Waals surface area (Å²) in [5.74, 6) is 0. The van der Waals surface area contributed by atoms with Gasteiger partial charge in [0.05, 0.1) is 0 Å². The summed E-state index contributed by atoms with van der Waals surface area (Å²) in [5, 5.41) is 3.90. The second-order valence-electron chi connectivity index (χ2n) is 6.74. The highest BCUT2D eigenvalue weighted by Gasteiger charge is 2.38. The lowest BCUT2D eigenvalue weighted by Crippen LogP contribution is -2.51. The fraction of sp³-hybridized carbons (Fsp3) is 0.667. The number of nitrogens with zero attached hydrogens (tertiary/aromatic N) is 1. The van der Waals surface area contributed by atoms with Gasteiger partial charge in [0.1, 0.15) is 0 Å². The van der Waals surface area contributed by atoms with E-state index in [2.05, 4.69) is 48.3 Å². The van der Waals surface area contributed by atoms with Gasteiger partial charge >= 0.3 is 0 Å². The van der Waals surface area contributed by atoms with Crippen LogP contribution in [0.1, 0.15) is 57.9 Å². The summed E-state index contributed by atoms with van der Waals surface area (Å²) >= 11 is 0. The molecule has 1 aliphatic carbocycles. The molecule has 0 saturated heterocycles. The summed E-state index contributed by atoms with van der Waals surface area (Å²) < 4.78 is 0. The van der Waals surface area contributed by atoms with Crippen LogP contribution in [0.2, 0.25) is 0 Å². The van der Waals surface area contributed by atoms with Crippen LogP contribution in [0, 0.1) is 0 Å². The Hall–Kier alpha value is -1.02. The van der Waals surface area contributed by atoms with Crippen LogP contribution in [-0.2, 0) is 6.54 Å². The molecular weight excluding hydrogens is 244 g/mol. The van der Waals surface area contributed by atoms with E-state index < -0.39 is 0 Å². The molecule has 1 saturated carbocycles.